The number of likely N-dealkylation sites (N-methyl/N-ethyl adjacent to an activating group) is 1. The van der Waals surface area contributed by atoms with Gasteiger partial charge < -0.3 is 15.0 Å². The van der Waals surface area contributed by atoms with Crippen molar-refractivity contribution < 1.29 is 13.2 Å². The van der Waals surface area contributed by atoms with E-state index in [1.54, 1.807) is 37.4 Å². The maximum atomic E-state index is 13.2. The van der Waals surface area contributed by atoms with Gasteiger partial charge in [0.25, 0.3) is 10.0 Å². The first-order valence-electron chi connectivity index (χ1n) is 8.42. The van der Waals surface area contributed by atoms with Crippen LogP contribution in [0.5, 0.6) is 5.75 Å². The van der Waals surface area contributed by atoms with Gasteiger partial charge in [0.1, 0.15) is 5.75 Å². The Labute approximate surface area is 164 Å². The van der Waals surface area contributed by atoms with Gasteiger partial charge in [-0.1, -0.05) is 29.8 Å². The van der Waals surface area contributed by atoms with Crippen molar-refractivity contribution >= 4 is 38.2 Å². The van der Waals surface area contributed by atoms with E-state index in [9.17, 15) is 8.42 Å². The lowest BCUT2D eigenvalue weighted by atomic mass is 10.2. The van der Waals surface area contributed by atoms with Crippen LogP contribution in [0.15, 0.2) is 53.6 Å². The van der Waals surface area contributed by atoms with Gasteiger partial charge in [0.05, 0.1) is 28.2 Å². The summed E-state index contributed by atoms with van der Waals surface area (Å²) in [6, 6.07) is 11.9. The number of nitrogens with one attached hydrogen (secondary N) is 1. The Morgan fingerprint density at radius 2 is 1.93 bits per heavy atom. The fourth-order valence-corrected chi connectivity index (χ4v) is 4.53. The van der Waals surface area contributed by atoms with E-state index in [-0.39, 0.29) is 4.90 Å². The second-order valence-corrected chi connectivity index (χ2v) is 8.61. The molecule has 0 spiro atoms. The van der Waals surface area contributed by atoms with E-state index in [0.717, 1.165) is 6.54 Å². The number of benzene rings is 2. The Morgan fingerprint density at radius 3 is 2.63 bits per heavy atom. The van der Waals surface area contributed by atoms with Gasteiger partial charge in [-0.05, 0) is 38.4 Å². The molecule has 1 N–H and O–H groups in total. The lowest BCUT2D eigenvalue weighted by Gasteiger charge is -2.15. The molecule has 0 saturated heterocycles. The molecule has 0 fully saturated rings. The van der Waals surface area contributed by atoms with E-state index >= 15 is 0 Å². The summed E-state index contributed by atoms with van der Waals surface area (Å²) >= 11 is 6.23. The van der Waals surface area contributed by atoms with E-state index in [0.29, 0.717) is 33.9 Å². The van der Waals surface area contributed by atoms with Crippen molar-refractivity contribution in [2.24, 2.45) is 0 Å². The zero-order chi connectivity index (χ0) is 19.6. The Hall–Kier alpha value is -2.22. The Balaban J connectivity index is 2.03. The summed E-state index contributed by atoms with van der Waals surface area (Å²) in [5, 5.41) is 4.33. The van der Waals surface area contributed by atoms with Crippen LogP contribution in [0.2, 0.25) is 5.02 Å². The third kappa shape index (κ3) is 3.90. The minimum absolute atomic E-state index is 0.160. The molecule has 0 aliphatic rings. The molecule has 2 aromatic carbocycles. The van der Waals surface area contributed by atoms with E-state index in [1.165, 1.54) is 16.2 Å². The van der Waals surface area contributed by atoms with Crippen LogP contribution in [0.4, 0.5) is 5.69 Å². The third-order valence-electron chi connectivity index (χ3n) is 4.23. The average Bonchev–Trinajstić information content (AvgIpc) is 2.99. The summed E-state index contributed by atoms with van der Waals surface area (Å²) in [4.78, 5) is 2.20. The smallest absolute Gasteiger partial charge is 0.268 e. The van der Waals surface area contributed by atoms with Crippen LogP contribution in [0.1, 0.15) is 0 Å². The van der Waals surface area contributed by atoms with Gasteiger partial charge in [-0.15, -0.1) is 0 Å². The number of hydrogen-bond donors (Lipinski definition) is 1. The fraction of sp³-hybridized carbons (Fsp3) is 0.263. The number of aromatic nitrogens is 1. The molecule has 1 aromatic heterocycles. The summed E-state index contributed by atoms with van der Waals surface area (Å²) in [6.45, 7) is 1.46. The Morgan fingerprint density at radius 1 is 1.19 bits per heavy atom. The zero-order valence-corrected chi connectivity index (χ0v) is 17.0. The predicted octanol–water partition coefficient (Wildman–Crippen LogP) is 3.51. The highest BCUT2D eigenvalue weighted by atomic mass is 35.5. The Kier molecular flexibility index (Phi) is 5.64. The number of para-hydroxylation sites is 1. The van der Waals surface area contributed by atoms with E-state index in [1.807, 2.05) is 25.1 Å². The van der Waals surface area contributed by atoms with Crippen molar-refractivity contribution in [1.82, 2.24) is 8.87 Å². The maximum Gasteiger partial charge on any atom is 0.268 e. The summed E-state index contributed by atoms with van der Waals surface area (Å²) in [6.07, 6.45) is 1.44. The van der Waals surface area contributed by atoms with Crippen LogP contribution in [-0.4, -0.2) is 51.6 Å². The van der Waals surface area contributed by atoms with Crippen molar-refractivity contribution in [2.45, 2.75) is 4.90 Å². The largest absolute Gasteiger partial charge is 0.495 e. The number of halogens is 1. The first-order valence-corrected chi connectivity index (χ1v) is 10.2. The Bertz CT molecular complexity index is 1060. The quantitative estimate of drug-likeness (QED) is 0.649. The topological polar surface area (TPSA) is 63.6 Å². The normalized spacial score (nSPS) is 11.9. The number of rotatable bonds is 7. The second-order valence-electron chi connectivity index (χ2n) is 6.39. The summed E-state index contributed by atoms with van der Waals surface area (Å²) in [5.41, 5.74) is 1.17. The minimum atomic E-state index is -3.81. The number of anilines is 1. The molecule has 0 amide bonds. The van der Waals surface area contributed by atoms with E-state index < -0.39 is 10.0 Å². The van der Waals surface area contributed by atoms with Crippen LogP contribution in [0.3, 0.4) is 0 Å². The predicted molar refractivity (Wildman–Crippen MR) is 110 cm³/mol. The maximum absolute atomic E-state index is 13.2. The fourth-order valence-electron chi connectivity index (χ4n) is 2.82. The molecular formula is C19H22ClN3O3S. The first kappa shape index (κ1) is 19.5. The lowest BCUT2D eigenvalue weighted by molar-refractivity contribution is 0.412. The van der Waals surface area contributed by atoms with Crippen molar-refractivity contribution in [1.29, 1.82) is 0 Å². The van der Waals surface area contributed by atoms with Crippen molar-refractivity contribution in [3.8, 4) is 5.75 Å². The van der Waals surface area contributed by atoms with Gasteiger partial charge in [0, 0.05) is 24.7 Å². The highest BCUT2D eigenvalue weighted by molar-refractivity contribution is 7.90. The van der Waals surface area contributed by atoms with Crippen molar-refractivity contribution in [2.75, 3.05) is 39.6 Å². The van der Waals surface area contributed by atoms with Crippen LogP contribution in [0.25, 0.3) is 10.9 Å². The van der Waals surface area contributed by atoms with Crippen LogP contribution in [0, 0.1) is 0 Å². The SMILES string of the molecule is COc1ccc(S(=O)(=O)n2cc(Cl)c3ccccc32)cc1NCCN(C)C. The van der Waals surface area contributed by atoms with Gasteiger partial charge in [-0.25, -0.2) is 12.4 Å². The van der Waals surface area contributed by atoms with E-state index in [2.05, 4.69) is 5.32 Å². The molecule has 0 aliphatic carbocycles. The van der Waals surface area contributed by atoms with Gasteiger partial charge in [-0.2, -0.15) is 0 Å². The van der Waals surface area contributed by atoms with Gasteiger partial charge >= 0.3 is 0 Å². The molecule has 0 atom stereocenters. The lowest BCUT2D eigenvalue weighted by Crippen LogP contribution is -2.21. The third-order valence-corrected chi connectivity index (χ3v) is 6.20. The second kappa shape index (κ2) is 7.80. The van der Waals surface area contributed by atoms with Crippen LogP contribution < -0.4 is 10.1 Å². The highest BCUT2D eigenvalue weighted by Gasteiger charge is 2.22. The molecular weight excluding hydrogens is 386 g/mol. The standard InChI is InChI=1S/C19H22ClN3O3S/c1-22(2)11-10-21-17-12-14(8-9-19(17)26-3)27(24,25)23-13-16(20)15-6-4-5-7-18(15)23/h4-9,12-13,21H,10-11H2,1-3H3. The summed E-state index contributed by atoms with van der Waals surface area (Å²) in [7, 11) is 1.69. The van der Waals surface area contributed by atoms with Crippen molar-refractivity contribution in [3.05, 3.63) is 53.7 Å². The number of ether oxygens (including phenoxy) is 1. The molecule has 0 saturated carbocycles. The molecule has 0 bridgehead atoms. The number of methoxy groups -OCH3 is 1. The zero-order valence-electron chi connectivity index (χ0n) is 15.4. The van der Waals surface area contributed by atoms with Gasteiger partial charge in [0.15, 0.2) is 0 Å². The monoisotopic (exact) mass is 407 g/mol. The van der Waals surface area contributed by atoms with E-state index in [4.69, 9.17) is 16.3 Å². The summed E-state index contributed by atoms with van der Waals surface area (Å²) < 4.78 is 33.0. The highest BCUT2D eigenvalue weighted by Crippen LogP contribution is 2.32. The molecule has 1 heterocycles. The molecule has 0 radical (unpaired) electrons. The molecule has 3 rings (SSSR count). The molecule has 8 heteroatoms. The number of fused-ring (bicyclic) bond motifs is 1. The van der Waals surface area contributed by atoms with Gasteiger partial charge in [0.2, 0.25) is 0 Å². The first-order chi connectivity index (χ1) is 12.8. The molecule has 0 aliphatic heterocycles. The van der Waals surface area contributed by atoms with Crippen LogP contribution >= 0.6 is 11.6 Å². The molecule has 3 aromatic rings. The molecule has 0 unspecified atom stereocenters. The van der Waals surface area contributed by atoms with Gasteiger partial charge in [-0.3, -0.25) is 0 Å². The molecule has 144 valence electrons. The molecule has 27 heavy (non-hydrogen) atoms. The average molecular weight is 408 g/mol. The summed E-state index contributed by atoms with van der Waals surface area (Å²) in [5.74, 6) is 0.586. The number of hydrogen-bond acceptors (Lipinski definition) is 5. The molecule has 6 nitrogen and oxygen atoms in total. The van der Waals surface area contributed by atoms with Crippen LogP contribution in [-0.2, 0) is 10.0 Å². The van der Waals surface area contributed by atoms with Crippen molar-refractivity contribution in [3.63, 3.8) is 0 Å². The number of nitrogens with zero attached hydrogens (tertiary/aromatic N) is 2. The minimum Gasteiger partial charge on any atom is -0.495 e.